The van der Waals surface area contributed by atoms with Gasteiger partial charge in [-0.25, -0.2) is 0 Å². The van der Waals surface area contributed by atoms with E-state index >= 15 is 0 Å². The number of nitrogens with one attached hydrogen (secondary N) is 1. The van der Waals surface area contributed by atoms with Crippen molar-refractivity contribution < 1.29 is 0 Å². The van der Waals surface area contributed by atoms with Gasteiger partial charge in [0.15, 0.2) is 0 Å². The summed E-state index contributed by atoms with van der Waals surface area (Å²) < 4.78 is 0. The summed E-state index contributed by atoms with van der Waals surface area (Å²) in [5.74, 6) is 0. The zero-order valence-corrected chi connectivity index (χ0v) is 8.88. The molecule has 2 heteroatoms. The van der Waals surface area contributed by atoms with Gasteiger partial charge in [0.1, 0.15) is 0 Å². The van der Waals surface area contributed by atoms with Crippen molar-refractivity contribution in [2.24, 2.45) is 0 Å². The van der Waals surface area contributed by atoms with Gasteiger partial charge in [0.2, 0.25) is 0 Å². The molecular formula is C10H16NP. The Kier molecular flexibility index (Phi) is 3.55. The summed E-state index contributed by atoms with van der Waals surface area (Å²) in [7, 11) is 4.73. The van der Waals surface area contributed by atoms with E-state index in [1.165, 1.54) is 23.0 Å². The van der Waals surface area contributed by atoms with Crippen molar-refractivity contribution in [1.82, 2.24) is 0 Å². The van der Waals surface area contributed by atoms with Crippen LogP contribution in [-0.2, 0) is 6.42 Å². The SMILES string of the molecule is CCCc1cccc(P)c1NC. The average Bonchev–Trinajstić information content (AvgIpc) is 2.05. The van der Waals surface area contributed by atoms with Gasteiger partial charge in [-0.15, -0.1) is 9.24 Å². The Bertz CT molecular complexity index is 258. The van der Waals surface area contributed by atoms with Gasteiger partial charge in [-0.1, -0.05) is 31.5 Å². The predicted molar refractivity (Wildman–Crippen MR) is 59.3 cm³/mol. The summed E-state index contributed by atoms with van der Waals surface area (Å²) in [4.78, 5) is 0. The fourth-order valence-corrected chi connectivity index (χ4v) is 1.84. The first-order valence-electron chi connectivity index (χ1n) is 4.34. The van der Waals surface area contributed by atoms with Crippen molar-refractivity contribution in [3.63, 3.8) is 0 Å². The van der Waals surface area contributed by atoms with Gasteiger partial charge < -0.3 is 5.32 Å². The van der Waals surface area contributed by atoms with Crippen LogP contribution in [0.4, 0.5) is 5.69 Å². The maximum atomic E-state index is 3.23. The molecule has 66 valence electrons. The lowest BCUT2D eigenvalue weighted by atomic mass is 10.1. The van der Waals surface area contributed by atoms with Crippen molar-refractivity contribution in [1.29, 1.82) is 0 Å². The normalized spacial score (nSPS) is 9.92. The molecule has 12 heavy (non-hydrogen) atoms. The van der Waals surface area contributed by atoms with Gasteiger partial charge in [0, 0.05) is 12.7 Å². The molecule has 1 aromatic rings. The molecule has 0 amide bonds. The molecule has 1 aromatic carbocycles. The second kappa shape index (κ2) is 4.47. The van der Waals surface area contributed by atoms with Crippen LogP contribution in [0.1, 0.15) is 18.9 Å². The highest BCUT2D eigenvalue weighted by atomic mass is 31.0. The first-order chi connectivity index (χ1) is 5.79. The van der Waals surface area contributed by atoms with E-state index in [1.54, 1.807) is 0 Å². The minimum absolute atomic E-state index is 1.15. The number of anilines is 1. The van der Waals surface area contributed by atoms with E-state index < -0.39 is 0 Å². The van der Waals surface area contributed by atoms with Gasteiger partial charge in [0.05, 0.1) is 0 Å². The minimum atomic E-state index is 1.15. The zero-order chi connectivity index (χ0) is 8.97. The second-order valence-electron chi connectivity index (χ2n) is 2.88. The Labute approximate surface area is 76.8 Å². The summed E-state index contributed by atoms with van der Waals surface area (Å²) in [5.41, 5.74) is 2.68. The summed E-state index contributed by atoms with van der Waals surface area (Å²) in [6.45, 7) is 2.20. The van der Waals surface area contributed by atoms with E-state index in [0.29, 0.717) is 0 Å². The zero-order valence-electron chi connectivity index (χ0n) is 7.72. The number of benzene rings is 1. The van der Waals surface area contributed by atoms with Crippen LogP contribution in [0.5, 0.6) is 0 Å². The highest BCUT2D eigenvalue weighted by molar-refractivity contribution is 7.28. The van der Waals surface area contributed by atoms with Crippen molar-refractivity contribution in [2.75, 3.05) is 12.4 Å². The van der Waals surface area contributed by atoms with Gasteiger partial charge in [0.25, 0.3) is 0 Å². The van der Waals surface area contributed by atoms with E-state index in [1.807, 2.05) is 7.05 Å². The van der Waals surface area contributed by atoms with Crippen LogP contribution in [0.2, 0.25) is 0 Å². The number of para-hydroxylation sites is 1. The quantitative estimate of drug-likeness (QED) is 0.705. The van der Waals surface area contributed by atoms with E-state index in [4.69, 9.17) is 0 Å². The van der Waals surface area contributed by atoms with Gasteiger partial charge >= 0.3 is 0 Å². The number of hydrogen-bond donors (Lipinski definition) is 1. The molecule has 0 saturated heterocycles. The number of aryl methyl sites for hydroxylation is 1. The summed E-state index contributed by atoms with van der Waals surface area (Å²) >= 11 is 0. The summed E-state index contributed by atoms with van der Waals surface area (Å²) in [5, 5.41) is 4.48. The van der Waals surface area contributed by atoms with Crippen molar-refractivity contribution >= 4 is 20.2 Å². The molecule has 0 spiro atoms. The molecule has 1 unspecified atom stereocenters. The molecule has 0 bridgehead atoms. The highest BCUT2D eigenvalue weighted by Crippen LogP contribution is 2.16. The Hall–Kier alpha value is -0.550. The Morgan fingerprint density at radius 1 is 1.42 bits per heavy atom. The second-order valence-corrected chi connectivity index (χ2v) is 3.50. The van der Waals surface area contributed by atoms with Crippen LogP contribution < -0.4 is 10.6 Å². The van der Waals surface area contributed by atoms with Crippen molar-refractivity contribution in [3.8, 4) is 0 Å². The first-order valence-corrected chi connectivity index (χ1v) is 4.92. The van der Waals surface area contributed by atoms with Crippen molar-refractivity contribution in [2.45, 2.75) is 19.8 Å². The molecule has 1 nitrogen and oxygen atoms in total. The maximum Gasteiger partial charge on any atom is 0.0442 e. The van der Waals surface area contributed by atoms with E-state index in [-0.39, 0.29) is 0 Å². The Balaban J connectivity index is 3.00. The largest absolute Gasteiger partial charge is 0.387 e. The average molecular weight is 181 g/mol. The number of hydrogen-bond acceptors (Lipinski definition) is 1. The van der Waals surface area contributed by atoms with Crippen LogP contribution in [-0.4, -0.2) is 7.05 Å². The van der Waals surface area contributed by atoms with Crippen LogP contribution in [0, 0.1) is 0 Å². The molecule has 0 aliphatic heterocycles. The molecule has 0 saturated carbocycles. The van der Waals surface area contributed by atoms with E-state index in [9.17, 15) is 0 Å². The third-order valence-electron chi connectivity index (χ3n) is 1.95. The summed E-state index contributed by atoms with van der Waals surface area (Å²) in [6, 6.07) is 6.40. The molecule has 0 aliphatic rings. The van der Waals surface area contributed by atoms with Crippen LogP contribution in [0.25, 0.3) is 0 Å². The molecule has 0 aliphatic carbocycles. The minimum Gasteiger partial charge on any atom is -0.387 e. The van der Waals surface area contributed by atoms with Gasteiger partial charge in [-0.05, 0) is 17.3 Å². The monoisotopic (exact) mass is 181 g/mol. The molecule has 1 atom stereocenters. The first kappa shape index (κ1) is 9.54. The third-order valence-corrected chi connectivity index (χ3v) is 2.43. The summed E-state index contributed by atoms with van der Waals surface area (Å²) in [6.07, 6.45) is 2.35. The van der Waals surface area contributed by atoms with E-state index in [2.05, 4.69) is 39.7 Å². The Morgan fingerprint density at radius 3 is 2.75 bits per heavy atom. The lowest BCUT2D eigenvalue weighted by molar-refractivity contribution is 0.924. The highest BCUT2D eigenvalue weighted by Gasteiger charge is 2.01. The predicted octanol–water partition coefficient (Wildman–Crippen LogP) is 2.18. The lowest BCUT2D eigenvalue weighted by Crippen LogP contribution is -2.05. The molecule has 1 rings (SSSR count). The number of rotatable bonds is 3. The van der Waals surface area contributed by atoms with Crippen LogP contribution in [0.15, 0.2) is 18.2 Å². The Morgan fingerprint density at radius 2 is 2.17 bits per heavy atom. The van der Waals surface area contributed by atoms with Crippen LogP contribution in [0.3, 0.4) is 0 Å². The lowest BCUT2D eigenvalue weighted by Gasteiger charge is -2.10. The van der Waals surface area contributed by atoms with Crippen molar-refractivity contribution in [3.05, 3.63) is 23.8 Å². The topological polar surface area (TPSA) is 12.0 Å². The maximum absolute atomic E-state index is 3.23. The fraction of sp³-hybridized carbons (Fsp3) is 0.400. The third kappa shape index (κ3) is 1.98. The van der Waals surface area contributed by atoms with Gasteiger partial charge in [-0.3, -0.25) is 0 Å². The molecule has 0 radical (unpaired) electrons. The smallest absolute Gasteiger partial charge is 0.0442 e. The van der Waals surface area contributed by atoms with Crippen LogP contribution >= 0.6 is 9.24 Å². The van der Waals surface area contributed by atoms with E-state index in [0.717, 1.165) is 6.42 Å². The standard InChI is InChI=1S/C10H16NP/c1-3-5-8-6-4-7-9(12)10(8)11-2/h4,6-7,11H,3,5,12H2,1-2H3. The van der Waals surface area contributed by atoms with Gasteiger partial charge in [-0.2, -0.15) is 0 Å². The molecular weight excluding hydrogens is 165 g/mol. The molecule has 1 N–H and O–H groups in total. The fourth-order valence-electron chi connectivity index (χ4n) is 1.40. The molecule has 0 heterocycles. The molecule has 0 aromatic heterocycles. The molecule has 0 fully saturated rings.